The van der Waals surface area contributed by atoms with E-state index < -0.39 is 21.9 Å². The van der Waals surface area contributed by atoms with E-state index >= 15 is 0 Å². The van der Waals surface area contributed by atoms with Crippen molar-refractivity contribution in [3.63, 3.8) is 0 Å². The molecular weight excluding hydrogens is 392 g/mol. The van der Waals surface area contributed by atoms with Gasteiger partial charge in [0.2, 0.25) is 10.0 Å². The number of benzene rings is 2. The first-order valence-corrected chi connectivity index (χ1v) is 11.0. The molecule has 8 heteroatoms. The number of aryl methyl sites for hydroxylation is 1. The second-order valence-electron chi connectivity index (χ2n) is 7.09. The lowest BCUT2D eigenvalue weighted by Gasteiger charge is -2.21. The van der Waals surface area contributed by atoms with E-state index in [9.17, 15) is 23.1 Å². The Morgan fingerprint density at radius 1 is 1.00 bits per heavy atom. The number of carbonyl (C=O) groups excluding carboxylic acids is 2. The normalized spacial score (nSPS) is 15.5. The summed E-state index contributed by atoms with van der Waals surface area (Å²) >= 11 is 0. The van der Waals surface area contributed by atoms with Crippen molar-refractivity contribution in [3.8, 4) is 0 Å². The topological polar surface area (TPSA) is 107 Å². The second-order valence-corrected chi connectivity index (χ2v) is 8.99. The molecule has 0 radical (unpaired) electrons. The number of rotatable bonds is 5. The van der Waals surface area contributed by atoms with Crippen LogP contribution >= 0.6 is 0 Å². The monoisotopic (exact) mass is 415 g/mol. The van der Waals surface area contributed by atoms with Crippen LogP contribution in [0.5, 0.6) is 0 Å². The van der Waals surface area contributed by atoms with Crippen LogP contribution in [0.1, 0.15) is 52.0 Å². The minimum atomic E-state index is -3.72. The van der Waals surface area contributed by atoms with Gasteiger partial charge in [-0.1, -0.05) is 37.1 Å². The Hall–Kier alpha value is -2.71. The molecule has 0 saturated carbocycles. The lowest BCUT2D eigenvalue weighted by molar-refractivity contribution is -0.254. The van der Waals surface area contributed by atoms with Crippen LogP contribution in [0.4, 0.5) is 5.69 Å². The van der Waals surface area contributed by atoms with E-state index in [1.165, 1.54) is 34.6 Å². The molecule has 1 heterocycles. The van der Waals surface area contributed by atoms with Crippen LogP contribution in [0, 0.1) is 6.92 Å². The summed E-state index contributed by atoms with van der Waals surface area (Å²) in [4.78, 5) is 24.0. The molecule has 154 valence electrons. The number of carboxylic acid groups (broad SMARTS) is 1. The minimum absolute atomic E-state index is 0.0926. The minimum Gasteiger partial charge on any atom is -0.545 e. The number of sulfonamides is 1. The second kappa shape index (κ2) is 8.75. The van der Waals surface area contributed by atoms with Gasteiger partial charge in [-0.25, -0.2) is 8.42 Å². The zero-order valence-electron chi connectivity index (χ0n) is 16.2. The summed E-state index contributed by atoms with van der Waals surface area (Å²) in [6.07, 6.45) is 3.65. The number of aromatic carboxylic acids is 1. The third-order valence-corrected chi connectivity index (χ3v) is 7.07. The average Bonchev–Trinajstić information content (AvgIpc) is 2.98. The van der Waals surface area contributed by atoms with Gasteiger partial charge in [-0.15, -0.1) is 0 Å². The third-order valence-electron chi connectivity index (χ3n) is 5.03. The fourth-order valence-corrected chi connectivity index (χ4v) is 5.17. The zero-order chi connectivity index (χ0) is 21.0. The summed E-state index contributed by atoms with van der Waals surface area (Å²) in [6.45, 7) is 2.63. The Labute approximate surface area is 170 Å². The first-order valence-electron chi connectivity index (χ1n) is 9.53. The highest BCUT2D eigenvalue weighted by Gasteiger charge is 2.27. The predicted octanol–water partition coefficient (Wildman–Crippen LogP) is 2.18. The highest BCUT2D eigenvalue weighted by atomic mass is 32.2. The van der Waals surface area contributed by atoms with Crippen molar-refractivity contribution in [1.29, 1.82) is 0 Å². The lowest BCUT2D eigenvalue weighted by atomic mass is 10.1. The van der Waals surface area contributed by atoms with Crippen molar-refractivity contribution in [3.05, 3.63) is 59.2 Å². The van der Waals surface area contributed by atoms with Gasteiger partial charge in [0.15, 0.2) is 0 Å². The summed E-state index contributed by atoms with van der Waals surface area (Å²) in [5.74, 6) is -2.00. The van der Waals surface area contributed by atoms with Gasteiger partial charge >= 0.3 is 0 Å². The van der Waals surface area contributed by atoms with Crippen molar-refractivity contribution in [1.82, 2.24) is 4.31 Å². The Kier molecular flexibility index (Phi) is 6.34. The maximum atomic E-state index is 13.1. The van der Waals surface area contributed by atoms with Crippen LogP contribution in [0.2, 0.25) is 0 Å². The quantitative estimate of drug-likeness (QED) is 0.805. The van der Waals surface area contributed by atoms with Gasteiger partial charge < -0.3 is 15.2 Å². The average molecular weight is 415 g/mol. The number of anilines is 1. The smallest absolute Gasteiger partial charge is 0.255 e. The molecule has 1 amide bonds. The molecule has 2 aromatic rings. The Morgan fingerprint density at radius 3 is 2.31 bits per heavy atom. The zero-order valence-corrected chi connectivity index (χ0v) is 17.0. The molecule has 1 N–H and O–H groups in total. The maximum Gasteiger partial charge on any atom is 0.255 e. The molecule has 7 nitrogen and oxygen atoms in total. The van der Waals surface area contributed by atoms with Crippen molar-refractivity contribution in [2.75, 3.05) is 18.4 Å². The molecule has 0 atom stereocenters. The summed E-state index contributed by atoms with van der Waals surface area (Å²) in [5.41, 5.74) is 0.637. The summed E-state index contributed by atoms with van der Waals surface area (Å²) in [6, 6.07) is 10.4. The highest BCUT2D eigenvalue weighted by molar-refractivity contribution is 7.89. The number of amides is 1. The Morgan fingerprint density at radius 2 is 1.66 bits per heavy atom. The summed E-state index contributed by atoms with van der Waals surface area (Å²) in [7, 11) is -3.72. The summed E-state index contributed by atoms with van der Waals surface area (Å²) in [5, 5.41) is 13.8. The van der Waals surface area contributed by atoms with E-state index in [0.29, 0.717) is 18.7 Å². The van der Waals surface area contributed by atoms with Gasteiger partial charge in [0.25, 0.3) is 5.91 Å². The fraction of sp³-hybridized carbons (Fsp3) is 0.333. The van der Waals surface area contributed by atoms with E-state index in [-0.39, 0.29) is 21.7 Å². The van der Waals surface area contributed by atoms with E-state index in [1.54, 1.807) is 19.1 Å². The molecule has 1 aliphatic rings. The van der Waals surface area contributed by atoms with Gasteiger partial charge in [-0.3, -0.25) is 4.79 Å². The lowest BCUT2D eigenvalue weighted by Crippen LogP contribution is -2.32. The van der Waals surface area contributed by atoms with Crippen molar-refractivity contribution < 1.29 is 23.1 Å². The van der Waals surface area contributed by atoms with Gasteiger partial charge in [0.05, 0.1) is 16.6 Å². The molecule has 1 fully saturated rings. The predicted molar refractivity (Wildman–Crippen MR) is 107 cm³/mol. The van der Waals surface area contributed by atoms with Crippen molar-refractivity contribution in [2.45, 2.75) is 37.5 Å². The van der Waals surface area contributed by atoms with Gasteiger partial charge in [0.1, 0.15) is 0 Å². The standard InChI is InChI=1S/C21H24N2O5S/c1-15-10-11-16(20(24)22-18-9-5-4-8-17(18)21(25)26)14-19(15)29(27,28)23-12-6-2-3-7-13-23/h4-5,8-11,14H,2-3,6-7,12-13H2,1H3,(H,22,24)(H,25,26)/p-1. The molecule has 1 saturated heterocycles. The van der Waals surface area contributed by atoms with E-state index in [0.717, 1.165) is 25.7 Å². The van der Waals surface area contributed by atoms with E-state index in [2.05, 4.69) is 5.32 Å². The number of nitrogens with zero attached hydrogens (tertiary/aromatic N) is 1. The molecular formula is C21H23N2O5S-. The van der Waals surface area contributed by atoms with Crippen LogP contribution in [-0.2, 0) is 10.0 Å². The molecule has 0 bridgehead atoms. The number of carbonyl (C=O) groups is 2. The van der Waals surface area contributed by atoms with E-state index in [1.807, 2.05) is 0 Å². The van der Waals surface area contributed by atoms with E-state index in [4.69, 9.17) is 0 Å². The number of carboxylic acids is 1. The molecule has 0 aliphatic carbocycles. The SMILES string of the molecule is Cc1ccc(C(=O)Nc2ccccc2C(=O)[O-])cc1S(=O)(=O)N1CCCCCC1. The van der Waals surface area contributed by atoms with Crippen LogP contribution in [0.15, 0.2) is 47.4 Å². The van der Waals surface area contributed by atoms with Gasteiger partial charge in [0, 0.05) is 24.2 Å². The van der Waals surface area contributed by atoms with Crippen molar-refractivity contribution >= 4 is 27.6 Å². The fourth-order valence-electron chi connectivity index (χ4n) is 3.40. The number of para-hydroxylation sites is 1. The number of hydrogen-bond acceptors (Lipinski definition) is 5. The molecule has 1 aliphatic heterocycles. The van der Waals surface area contributed by atoms with Gasteiger partial charge in [-0.2, -0.15) is 4.31 Å². The molecule has 0 unspecified atom stereocenters. The molecule has 3 rings (SSSR count). The Bertz CT molecular complexity index is 1030. The van der Waals surface area contributed by atoms with Gasteiger partial charge in [-0.05, 0) is 43.5 Å². The first-order chi connectivity index (χ1) is 13.8. The summed E-state index contributed by atoms with van der Waals surface area (Å²) < 4.78 is 27.8. The molecule has 0 aromatic heterocycles. The highest BCUT2D eigenvalue weighted by Crippen LogP contribution is 2.25. The number of nitrogens with one attached hydrogen (secondary N) is 1. The van der Waals surface area contributed by atoms with Crippen molar-refractivity contribution in [2.24, 2.45) is 0 Å². The van der Waals surface area contributed by atoms with Crippen LogP contribution < -0.4 is 10.4 Å². The van der Waals surface area contributed by atoms with Crippen LogP contribution in [0.25, 0.3) is 0 Å². The first kappa shape index (κ1) is 21.0. The number of hydrogen-bond donors (Lipinski definition) is 1. The Balaban J connectivity index is 1.91. The third kappa shape index (κ3) is 4.65. The molecule has 2 aromatic carbocycles. The maximum absolute atomic E-state index is 13.1. The van der Waals surface area contributed by atoms with Crippen LogP contribution in [-0.4, -0.2) is 37.7 Å². The van der Waals surface area contributed by atoms with Crippen LogP contribution in [0.3, 0.4) is 0 Å². The molecule has 29 heavy (non-hydrogen) atoms. The largest absolute Gasteiger partial charge is 0.545 e. The molecule has 0 spiro atoms.